The maximum absolute atomic E-state index is 13.0. The van der Waals surface area contributed by atoms with Gasteiger partial charge >= 0.3 is 0 Å². The van der Waals surface area contributed by atoms with Gasteiger partial charge in [-0.05, 0) is 43.2 Å². The van der Waals surface area contributed by atoms with Crippen LogP contribution in [0.4, 0.5) is 4.39 Å². The second-order valence-corrected chi connectivity index (χ2v) is 5.65. The summed E-state index contributed by atoms with van der Waals surface area (Å²) in [5.74, 6) is -0.313. The maximum Gasteiger partial charge on any atom is 0.266 e. The van der Waals surface area contributed by atoms with Crippen LogP contribution < -0.4 is 5.56 Å². The van der Waals surface area contributed by atoms with Crippen LogP contribution in [0.25, 0.3) is 11.3 Å². The topological polar surface area (TPSA) is 55.1 Å². The molecule has 0 radical (unpaired) electrons. The van der Waals surface area contributed by atoms with Crippen LogP contribution >= 0.6 is 0 Å². The average molecular weight is 288 g/mol. The number of hydrogen-bond acceptors (Lipinski definition) is 3. The molecule has 110 valence electrons. The molecule has 0 unspecified atom stereocenters. The van der Waals surface area contributed by atoms with Crippen LogP contribution in [0.1, 0.15) is 25.7 Å². The summed E-state index contributed by atoms with van der Waals surface area (Å²) in [5.41, 5.74) is 0.263. The van der Waals surface area contributed by atoms with Gasteiger partial charge in [0.25, 0.3) is 5.56 Å². The SMILES string of the molecule is O=c1ccc(-c2ccc(F)cc2)nn1CC1(O)CCCC1. The van der Waals surface area contributed by atoms with Crippen molar-refractivity contribution in [2.24, 2.45) is 0 Å². The fourth-order valence-corrected chi connectivity index (χ4v) is 2.81. The van der Waals surface area contributed by atoms with Crippen LogP contribution in [0.3, 0.4) is 0 Å². The van der Waals surface area contributed by atoms with E-state index >= 15 is 0 Å². The zero-order chi connectivity index (χ0) is 14.9. The summed E-state index contributed by atoms with van der Waals surface area (Å²) in [6.07, 6.45) is 3.34. The highest BCUT2D eigenvalue weighted by Crippen LogP contribution is 2.30. The molecule has 0 amide bonds. The molecule has 2 aromatic rings. The smallest absolute Gasteiger partial charge is 0.266 e. The lowest BCUT2D eigenvalue weighted by Crippen LogP contribution is -2.36. The number of aromatic nitrogens is 2. The Balaban J connectivity index is 1.92. The van der Waals surface area contributed by atoms with Crippen LogP contribution in [-0.4, -0.2) is 20.5 Å². The first-order valence-electron chi connectivity index (χ1n) is 7.12. The molecule has 0 saturated heterocycles. The maximum atomic E-state index is 13.0. The van der Waals surface area contributed by atoms with E-state index in [-0.39, 0.29) is 17.9 Å². The molecule has 21 heavy (non-hydrogen) atoms. The van der Waals surface area contributed by atoms with Crippen LogP contribution in [0.2, 0.25) is 0 Å². The van der Waals surface area contributed by atoms with Crippen molar-refractivity contribution >= 4 is 0 Å². The molecule has 1 aromatic carbocycles. The largest absolute Gasteiger partial charge is 0.388 e. The van der Waals surface area contributed by atoms with E-state index in [4.69, 9.17) is 0 Å². The fraction of sp³-hybridized carbons (Fsp3) is 0.375. The minimum atomic E-state index is -0.835. The number of benzene rings is 1. The molecule has 0 atom stereocenters. The van der Waals surface area contributed by atoms with Crippen molar-refractivity contribution in [1.82, 2.24) is 9.78 Å². The Labute approximate surface area is 121 Å². The molecular weight excluding hydrogens is 271 g/mol. The molecule has 0 aliphatic heterocycles. The third-order valence-corrected chi connectivity index (χ3v) is 3.98. The first-order valence-corrected chi connectivity index (χ1v) is 7.12. The van der Waals surface area contributed by atoms with E-state index in [1.807, 2.05) is 0 Å². The van der Waals surface area contributed by atoms with E-state index in [9.17, 15) is 14.3 Å². The predicted molar refractivity (Wildman–Crippen MR) is 77.3 cm³/mol. The van der Waals surface area contributed by atoms with Gasteiger partial charge in [0.1, 0.15) is 5.82 Å². The Morgan fingerprint density at radius 2 is 1.81 bits per heavy atom. The standard InChI is InChI=1S/C16H17FN2O2/c17-13-5-3-12(4-6-13)14-7-8-15(20)19(18-14)11-16(21)9-1-2-10-16/h3-8,21H,1-2,9-11H2. The van der Waals surface area contributed by atoms with E-state index in [0.29, 0.717) is 18.5 Å². The van der Waals surface area contributed by atoms with E-state index in [1.54, 1.807) is 18.2 Å². The van der Waals surface area contributed by atoms with Gasteiger partial charge in [0.05, 0.1) is 17.8 Å². The van der Waals surface area contributed by atoms with Gasteiger partial charge in [-0.3, -0.25) is 4.79 Å². The highest BCUT2D eigenvalue weighted by Gasteiger charge is 2.32. The Morgan fingerprint density at radius 1 is 1.14 bits per heavy atom. The lowest BCUT2D eigenvalue weighted by Gasteiger charge is -2.22. The molecule has 0 bridgehead atoms. The zero-order valence-corrected chi connectivity index (χ0v) is 11.6. The van der Waals surface area contributed by atoms with E-state index < -0.39 is 5.60 Å². The molecule has 5 heteroatoms. The van der Waals surface area contributed by atoms with Crippen molar-refractivity contribution in [3.8, 4) is 11.3 Å². The second-order valence-electron chi connectivity index (χ2n) is 5.65. The Morgan fingerprint density at radius 3 is 2.48 bits per heavy atom. The van der Waals surface area contributed by atoms with Crippen molar-refractivity contribution in [2.45, 2.75) is 37.8 Å². The number of hydrogen-bond donors (Lipinski definition) is 1. The Bertz CT molecular complexity index is 688. The van der Waals surface area contributed by atoms with Crippen molar-refractivity contribution < 1.29 is 9.50 Å². The lowest BCUT2D eigenvalue weighted by molar-refractivity contribution is 0.0252. The Hall–Kier alpha value is -2.01. The molecule has 4 nitrogen and oxygen atoms in total. The number of halogens is 1. The Kier molecular flexibility index (Phi) is 3.59. The van der Waals surface area contributed by atoms with Gasteiger partial charge in [0.15, 0.2) is 0 Å². The van der Waals surface area contributed by atoms with Crippen LogP contribution in [0, 0.1) is 5.82 Å². The van der Waals surface area contributed by atoms with Crippen LogP contribution in [-0.2, 0) is 6.54 Å². The highest BCUT2D eigenvalue weighted by atomic mass is 19.1. The monoisotopic (exact) mass is 288 g/mol. The summed E-state index contributed by atoms with van der Waals surface area (Å²) in [4.78, 5) is 11.9. The molecule has 1 N–H and O–H groups in total. The van der Waals surface area contributed by atoms with Gasteiger partial charge in [-0.25, -0.2) is 9.07 Å². The molecule has 1 fully saturated rings. The minimum absolute atomic E-state index is 0.209. The lowest BCUT2D eigenvalue weighted by atomic mass is 10.0. The molecular formula is C16H17FN2O2. The number of nitrogens with zero attached hydrogens (tertiary/aromatic N) is 2. The predicted octanol–water partition coefficient (Wildman–Crippen LogP) is 2.35. The minimum Gasteiger partial charge on any atom is -0.388 e. The summed E-state index contributed by atoms with van der Waals surface area (Å²) in [6, 6.07) is 9.01. The summed E-state index contributed by atoms with van der Waals surface area (Å²) in [5, 5.41) is 14.7. The van der Waals surface area contributed by atoms with Crippen molar-refractivity contribution in [1.29, 1.82) is 0 Å². The second kappa shape index (κ2) is 5.41. The first-order chi connectivity index (χ1) is 10.1. The highest BCUT2D eigenvalue weighted by molar-refractivity contribution is 5.57. The molecule has 0 spiro atoms. The molecule has 3 rings (SSSR count). The number of rotatable bonds is 3. The summed E-state index contributed by atoms with van der Waals surface area (Å²) in [7, 11) is 0. The number of aliphatic hydroxyl groups is 1. The van der Waals surface area contributed by atoms with Gasteiger partial charge in [0.2, 0.25) is 0 Å². The van der Waals surface area contributed by atoms with Gasteiger partial charge < -0.3 is 5.11 Å². The van der Waals surface area contributed by atoms with E-state index in [1.165, 1.54) is 22.9 Å². The summed E-state index contributed by atoms with van der Waals surface area (Å²) in [6.45, 7) is 0.209. The van der Waals surface area contributed by atoms with Crippen molar-refractivity contribution in [2.75, 3.05) is 0 Å². The average Bonchev–Trinajstić information content (AvgIpc) is 2.89. The zero-order valence-electron chi connectivity index (χ0n) is 11.6. The van der Waals surface area contributed by atoms with Crippen LogP contribution in [0.15, 0.2) is 41.2 Å². The van der Waals surface area contributed by atoms with Gasteiger partial charge in [-0.1, -0.05) is 12.8 Å². The van der Waals surface area contributed by atoms with Crippen molar-refractivity contribution in [3.63, 3.8) is 0 Å². The fourth-order valence-electron chi connectivity index (χ4n) is 2.81. The third kappa shape index (κ3) is 3.03. The van der Waals surface area contributed by atoms with Gasteiger partial charge in [-0.2, -0.15) is 5.10 Å². The molecule has 1 aliphatic carbocycles. The molecule has 1 aliphatic rings. The van der Waals surface area contributed by atoms with Gasteiger partial charge in [0, 0.05) is 11.6 Å². The molecule has 1 heterocycles. The quantitative estimate of drug-likeness (QED) is 0.943. The van der Waals surface area contributed by atoms with Gasteiger partial charge in [-0.15, -0.1) is 0 Å². The summed E-state index contributed by atoms with van der Waals surface area (Å²) < 4.78 is 14.3. The van der Waals surface area contributed by atoms with Crippen LogP contribution in [0.5, 0.6) is 0 Å². The van der Waals surface area contributed by atoms with E-state index in [0.717, 1.165) is 18.4 Å². The summed E-state index contributed by atoms with van der Waals surface area (Å²) >= 11 is 0. The molecule has 1 saturated carbocycles. The third-order valence-electron chi connectivity index (χ3n) is 3.98. The normalized spacial score (nSPS) is 17.0. The molecule has 1 aromatic heterocycles. The van der Waals surface area contributed by atoms with E-state index in [2.05, 4.69) is 5.10 Å². The van der Waals surface area contributed by atoms with Crippen molar-refractivity contribution in [3.05, 3.63) is 52.6 Å². The first kappa shape index (κ1) is 13.9.